The summed E-state index contributed by atoms with van der Waals surface area (Å²) in [7, 11) is 2.02. The van der Waals surface area contributed by atoms with Crippen molar-refractivity contribution in [3.8, 4) is 0 Å². The average molecular weight is 261 g/mol. The first kappa shape index (κ1) is 12.1. The molecule has 4 heteroatoms. The fourth-order valence-electron chi connectivity index (χ4n) is 2.56. The quantitative estimate of drug-likeness (QED) is 0.921. The van der Waals surface area contributed by atoms with Crippen LogP contribution in [-0.4, -0.2) is 27.3 Å². The normalized spacial score (nSPS) is 17.4. The zero-order chi connectivity index (χ0) is 12.4. The SMILES string of the molecule is Cn1nc(CNC2CCSCC2)c2ccccc21. The van der Waals surface area contributed by atoms with Crippen LogP contribution in [0.5, 0.6) is 0 Å². The van der Waals surface area contributed by atoms with Crippen LogP contribution in [0.4, 0.5) is 0 Å². The molecule has 0 bridgehead atoms. The summed E-state index contributed by atoms with van der Waals surface area (Å²) in [5, 5.41) is 9.55. The van der Waals surface area contributed by atoms with Crippen molar-refractivity contribution in [1.82, 2.24) is 15.1 Å². The third-order valence-corrected chi connectivity index (χ3v) is 4.66. The van der Waals surface area contributed by atoms with Gasteiger partial charge in [0, 0.05) is 25.0 Å². The molecule has 1 fully saturated rings. The predicted octanol–water partition coefficient (Wildman–Crippen LogP) is 2.56. The highest BCUT2D eigenvalue weighted by Gasteiger charge is 2.14. The molecule has 1 N–H and O–H groups in total. The van der Waals surface area contributed by atoms with E-state index in [9.17, 15) is 0 Å². The number of nitrogens with zero attached hydrogens (tertiary/aromatic N) is 2. The first-order valence-electron chi connectivity index (χ1n) is 6.56. The van der Waals surface area contributed by atoms with E-state index in [0.29, 0.717) is 6.04 Å². The summed E-state index contributed by atoms with van der Waals surface area (Å²) in [4.78, 5) is 0. The second kappa shape index (κ2) is 5.33. The Morgan fingerprint density at radius 2 is 2.11 bits per heavy atom. The van der Waals surface area contributed by atoms with Crippen LogP contribution in [-0.2, 0) is 13.6 Å². The Balaban J connectivity index is 1.74. The monoisotopic (exact) mass is 261 g/mol. The Kier molecular flexibility index (Phi) is 3.57. The van der Waals surface area contributed by atoms with Crippen LogP contribution >= 0.6 is 11.8 Å². The number of benzene rings is 1. The molecule has 0 radical (unpaired) electrons. The lowest BCUT2D eigenvalue weighted by molar-refractivity contribution is 0.477. The minimum Gasteiger partial charge on any atom is -0.308 e. The van der Waals surface area contributed by atoms with Gasteiger partial charge in [-0.05, 0) is 30.4 Å². The van der Waals surface area contributed by atoms with Crippen LogP contribution in [0.1, 0.15) is 18.5 Å². The van der Waals surface area contributed by atoms with Crippen molar-refractivity contribution in [3.05, 3.63) is 30.0 Å². The topological polar surface area (TPSA) is 29.9 Å². The number of para-hydroxylation sites is 1. The molecule has 0 unspecified atom stereocenters. The van der Waals surface area contributed by atoms with Crippen LogP contribution in [0.25, 0.3) is 10.9 Å². The fourth-order valence-corrected chi connectivity index (χ4v) is 3.67. The van der Waals surface area contributed by atoms with Crippen LogP contribution in [0.3, 0.4) is 0 Å². The van der Waals surface area contributed by atoms with Gasteiger partial charge in [-0.1, -0.05) is 18.2 Å². The molecule has 1 aliphatic rings. The zero-order valence-corrected chi connectivity index (χ0v) is 11.5. The molecule has 18 heavy (non-hydrogen) atoms. The van der Waals surface area contributed by atoms with Gasteiger partial charge in [-0.25, -0.2) is 0 Å². The molecule has 0 spiro atoms. The lowest BCUT2D eigenvalue weighted by Gasteiger charge is -2.22. The highest BCUT2D eigenvalue weighted by atomic mass is 32.2. The highest BCUT2D eigenvalue weighted by molar-refractivity contribution is 7.99. The van der Waals surface area contributed by atoms with E-state index in [2.05, 4.69) is 46.4 Å². The van der Waals surface area contributed by atoms with E-state index >= 15 is 0 Å². The maximum atomic E-state index is 4.62. The number of hydrogen-bond donors (Lipinski definition) is 1. The van der Waals surface area contributed by atoms with Gasteiger partial charge >= 0.3 is 0 Å². The minimum atomic E-state index is 0.673. The van der Waals surface area contributed by atoms with Crippen LogP contribution in [0.15, 0.2) is 24.3 Å². The van der Waals surface area contributed by atoms with E-state index in [1.54, 1.807) is 0 Å². The number of aromatic nitrogens is 2. The van der Waals surface area contributed by atoms with Gasteiger partial charge in [0.05, 0.1) is 11.2 Å². The molecule has 3 rings (SSSR count). The maximum Gasteiger partial charge on any atom is 0.0841 e. The molecule has 1 aliphatic heterocycles. The first-order valence-corrected chi connectivity index (χ1v) is 7.72. The standard InChI is InChI=1S/C14H19N3S/c1-17-14-5-3-2-4-12(14)13(16-17)10-15-11-6-8-18-9-7-11/h2-5,11,15H,6-10H2,1H3. The minimum absolute atomic E-state index is 0.673. The lowest BCUT2D eigenvalue weighted by Crippen LogP contribution is -2.32. The Morgan fingerprint density at radius 3 is 2.94 bits per heavy atom. The van der Waals surface area contributed by atoms with E-state index in [1.165, 1.54) is 40.9 Å². The van der Waals surface area contributed by atoms with E-state index in [4.69, 9.17) is 0 Å². The number of hydrogen-bond acceptors (Lipinski definition) is 3. The summed E-state index contributed by atoms with van der Waals surface area (Å²) in [5.41, 5.74) is 2.39. The number of aryl methyl sites for hydroxylation is 1. The van der Waals surface area contributed by atoms with Crippen LogP contribution in [0, 0.1) is 0 Å². The van der Waals surface area contributed by atoms with E-state index in [1.807, 2.05) is 11.7 Å². The molecule has 1 saturated heterocycles. The summed E-state index contributed by atoms with van der Waals surface area (Å²) >= 11 is 2.07. The molecule has 0 amide bonds. The van der Waals surface area contributed by atoms with Crippen molar-refractivity contribution in [2.24, 2.45) is 7.05 Å². The molecule has 3 nitrogen and oxygen atoms in total. The molecule has 0 atom stereocenters. The van der Waals surface area contributed by atoms with Crippen molar-refractivity contribution in [3.63, 3.8) is 0 Å². The molecule has 0 aliphatic carbocycles. The molecule has 2 aromatic rings. The first-order chi connectivity index (χ1) is 8.84. The molecule has 1 aromatic carbocycles. The summed E-state index contributed by atoms with van der Waals surface area (Å²) in [5.74, 6) is 2.58. The van der Waals surface area contributed by atoms with Crippen LogP contribution < -0.4 is 5.32 Å². The Morgan fingerprint density at radius 1 is 1.33 bits per heavy atom. The number of nitrogens with one attached hydrogen (secondary N) is 1. The van der Waals surface area contributed by atoms with Gasteiger partial charge in [0.15, 0.2) is 0 Å². The van der Waals surface area contributed by atoms with Gasteiger partial charge in [0.25, 0.3) is 0 Å². The summed E-state index contributed by atoms with van der Waals surface area (Å²) in [6.07, 6.45) is 2.57. The molecule has 0 saturated carbocycles. The van der Waals surface area contributed by atoms with Crippen LogP contribution in [0.2, 0.25) is 0 Å². The zero-order valence-electron chi connectivity index (χ0n) is 10.7. The number of thioether (sulfide) groups is 1. The van der Waals surface area contributed by atoms with Crippen molar-refractivity contribution < 1.29 is 0 Å². The van der Waals surface area contributed by atoms with E-state index in [-0.39, 0.29) is 0 Å². The molecule has 2 heterocycles. The maximum absolute atomic E-state index is 4.62. The van der Waals surface area contributed by atoms with Crippen molar-refractivity contribution in [2.45, 2.75) is 25.4 Å². The highest BCUT2D eigenvalue weighted by Crippen LogP contribution is 2.20. The fraction of sp³-hybridized carbons (Fsp3) is 0.500. The average Bonchev–Trinajstić information content (AvgIpc) is 2.75. The summed E-state index contributed by atoms with van der Waals surface area (Å²) < 4.78 is 1.98. The summed E-state index contributed by atoms with van der Waals surface area (Å²) in [6.45, 7) is 0.886. The second-order valence-electron chi connectivity index (χ2n) is 4.85. The Labute approximate surface area is 112 Å². The van der Waals surface area contributed by atoms with E-state index < -0.39 is 0 Å². The van der Waals surface area contributed by atoms with Gasteiger partial charge in [-0.2, -0.15) is 16.9 Å². The molecule has 1 aromatic heterocycles. The van der Waals surface area contributed by atoms with Gasteiger partial charge in [0.1, 0.15) is 0 Å². The third-order valence-electron chi connectivity index (χ3n) is 3.61. The van der Waals surface area contributed by atoms with Crippen molar-refractivity contribution in [1.29, 1.82) is 0 Å². The third kappa shape index (κ3) is 2.40. The Bertz CT molecular complexity index is 529. The molecular weight excluding hydrogens is 242 g/mol. The smallest absolute Gasteiger partial charge is 0.0841 e. The summed E-state index contributed by atoms with van der Waals surface area (Å²) in [6, 6.07) is 9.12. The van der Waals surface area contributed by atoms with E-state index in [0.717, 1.165) is 6.54 Å². The van der Waals surface area contributed by atoms with Crippen molar-refractivity contribution in [2.75, 3.05) is 11.5 Å². The Hall–Kier alpha value is -1.00. The van der Waals surface area contributed by atoms with Crippen molar-refractivity contribution >= 4 is 22.7 Å². The molecule has 96 valence electrons. The second-order valence-corrected chi connectivity index (χ2v) is 6.08. The largest absolute Gasteiger partial charge is 0.308 e. The van der Waals surface area contributed by atoms with Gasteiger partial charge < -0.3 is 5.32 Å². The number of fused-ring (bicyclic) bond motifs is 1. The van der Waals surface area contributed by atoms with Gasteiger partial charge in [-0.3, -0.25) is 4.68 Å². The molecular formula is C14H19N3S. The van der Waals surface area contributed by atoms with Gasteiger partial charge in [-0.15, -0.1) is 0 Å². The van der Waals surface area contributed by atoms with Gasteiger partial charge in [0.2, 0.25) is 0 Å². The number of rotatable bonds is 3. The lowest BCUT2D eigenvalue weighted by atomic mass is 10.1. The predicted molar refractivity (Wildman–Crippen MR) is 77.9 cm³/mol.